The normalized spacial score (nSPS) is 19.2. The van der Waals surface area contributed by atoms with Crippen molar-refractivity contribution in [1.29, 1.82) is 0 Å². The molecular weight excluding hydrogens is 527 g/mol. The number of piperazine rings is 2. The molecule has 2 fully saturated rings. The predicted octanol–water partition coefficient (Wildman–Crippen LogP) is 2.26. The molecule has 1 amide bonds. The molecule has 212 valence electrons. The van der Waals surface area contributed by atoms with Crippen LogP contribution >= 0.6 is 0 Å². The number of alkyl halides is 5. The largest absolute Gasteiger partial charge is 0.470 e. The van der Waals surface area contributed by atoms with Crippen molar-refractivity contribution in [3.63, 3.8) is 0 Å². The van der Waals surface area contributed by atoms with Gasteiger partial charge in [-0.2, -0.15) is 13.2 Å². The molecule has 4 N–H and O–H groups in total. The van der Waals surface area contributed by atoms with Gasteiger partial charge in [-0.15, -0.1) is 10.2 Å². The van der Waals surface area contributed by atoms with Gasteiger partial charge in [-0.25, -0.2) is 14.6 Å². The van der Waals surface area contributed by atoms with Crippen LogP contribution in [0, 0.1) is 0 Å². The number of hydrazine groups is 1. The number of amides is 1. The Morgan fingerprint density at radius 1 is 1.13 bits per heavy atom. The minimum Gasteiger partial charge on any atom is -0.470 e. The Kier molecular flexibility index (Phi) is 8.39. The quantitative estimate of drug-likeness (QED) is 0.287. The van der Waals surface area contributed by atoms with E-state index >= 15 is 0 Å². The molecule has 4 rings (SSSR count). The van der Waals surface area contributed by atoms with Crippen LogP contribution in [-0.2, 0) is 4.79 Å². The van der Waals surface area contributed by atoms with E-state index in [2.05, 4.69) is 10.2 Å². The lowest BCUT2D eigenvalue weighted by Crippen LogP contribution is -2.65. The molecule has 0 spiro atoms. The molecule has 10 nitrogen and oxygen atoms in total. The third kappa shape index (κ3) is 7.03. The first kappa shape index (κ1) is 28.3. The fourth-order valence-electron chi connectivity index (χ4n) is 4.56. The first-order valence-corrected chi connectivity index (χ1v) is 12.1. The van der Waals surface area contributed by atoms with E-state index in [1.54, 1.807) is 22.8 Å². The van der Waals surface area contributed by atoms with Crippen molar-refractivity contribution in [2.75, 3.05) is 55.8 Å². The van der Waals surface area contributed by atoms with E-state index in [0.29, 0.717) is 29.4 Å². The summed E-state index contributed by atoms with van der Waals surface area (Å²) in [5.74, 6) is 6.48. The van der Waals surface area contributed by atoms with Gasteiger partial charge in [0.1, 0.15) is 6.61 Å². The van der Waals surface area contributed by atoms with Crippen LogP contribution in [0.3, 0.4) is 0 Å². The van der Waals surface area contributed by atoms with Crippen molar-refractivity contribution >= 4 is 17.4 Å². The molecule has 1 unspecified atom stereocenters. The van der Waals surface area contributed by atoms with E-state index in [-0.39, 0.29) is 50.1 Å². The van der Waals surface area contributed by atoms with Crippen molar-refractivity contribution in [2.24, 2.45) is 11.6 Å². The molecule has 1 aromatic heterocycles. The average Bonchev–Trinajstić information content (AvgIpc) is 2.87. The third-order valence-electron chi connectivity index (χ3n) is 6.52. The predicted molar refractivity (Wildman–Crippen MR) is 133 cm³/mol. The lowest BCUT2D eigenvalue weighted by atomic mass is 10.1. The van der Waals surface area contributed by atoms with Crippen molar-refractivity contribution in [3.8, 4) is 5.88 Å². The molecule has 0 bridgehead atoms. The standard InChI is InChI=1S/C24H29F5N8O2/c1-15(30)19(37(31)17-4-2-16(3-5-17)23(25)26)13-39-21-7-6-20(32-33-21)35-11-18-10-34(14-24(27,28)29)8-9-36(18)22(38)12-35/h2-7,18,23H,8-14,30-31H2,1H3/b19-15-. The van der Waals surface area contributed by atoms with Crippen molar-refractivity contribution < 1.29 is 31.5 Å². The van der Waals surface area contributed by atoms with Gasteiger partial charge in [0.25, 0.3) is 6.43 Å². The monoisotopic (exact) mass is 556 g/mol. The number of benzene rings is 1. The average molecular weight is 557 g/mol. The number of halogens is 5. The van der Waals surface area contributed by atoms with Gasteiger partial charge in [0.2, 0.25) is 11.8 Å². The lowest BCUT2D eigenvalue weighted by Gasteiger charge is -2.47. The van der Waals surface area contributed by atoms with Gasteiger partial charge in [-0.1, -0.05) is 12.1 Å². The van der Waals surface area contributed by atoms with E-state index in [9.17, 15) is 26.7 Å². The zero-order chi connectivity index (χ0) is 28.3. The maximum absolute atomic E-state index is 12.8. The van der Waals surface area contributed by atoms with Gasteiger partial charge < -0.3 is 20.3 Å². The Labute approximate surface area is 221 Å². The summed E-state index contributed by atoms with van der Waals surface area (Å²) >= 11 is 0. The van der Waals surface area contributed by atoms with Gasteiger partial charge in [-0.05, 0) is 25.1 Å². The van der Waals surface area contributed by atoms with E-state index in [0.717, 1.165) is 0 Å². The second-order valence-electron chi connectivity index (χ2n) is 9.38. The van der Waals surface area contributed by atoms with Gasteiger partial charge in [0.05, 0.1) is 30.5 Å². The van der Waals surface area contributed by atoms with Crippen LogP contribution in [0.4, 0.5) is 33.5 Å². The van der Waals surface area contributed by atoms with E-state index in [4.69, 9.17) is 16.3 Å². The third-order valence-corrected chi connectivity index (χ3v) is 6.52. The van der Waals surface area contributed by atoms with Gasteiger partial charge in [0.15, 0.2) is 5.82 Å². The van der Waals surface area contributed by atoms with E-state index in [1.165, 1.54) is 40.2 Å². The zero-order valence-electron chi connectivity index (χ0n) is 21.1. The van der Waals surface area contributed by atoms with E-state index < -0.39 is 25.2 Å². The SMILES string of the molecule is C/C(N)=C(\COc1ccc(N2CC(=O)N3CCN(CC(F)(F)F)CC3C2)nn1)N(N)c1ccc(C(F)F)cc1. The maximum Gasteiger partial charge on any atom is 0.401 e. The highest BCUT2D eigenvalue weighted by molar-refractivity contribution is 5.83. The second-order valence-corrected chi connectivity index (χ2v) is 9.38. The zero-order valence-corrected chi connectivity index (χ0v) is 21.1. The van der Waals surface area contributed by atoms with Crippen LogP contribution in [0.15, 0.2) is 47.8 Å². The number of hydrogen-bond donors (Lipinski definition) is 2. The van der Waals surface area contributed by atoms with Crippen LogP contribution < -0.4 is 26.2 Å². The molecule has 0 saturated carbocycles. The van der Waals surface area contributed by atoms with Crippen molar-refractivity contribution in [2.45, 2.75) is 25.6 Å². The van der Waals surface area contributed by atoms with E-state index in [1.807, 2.05) is 0 Å². The Hall–Kier alpha value is -3.72. The summed E-state index contributed by atoms with van der Waals surface area (Å²) < 4.78 is 69.9. The Balaban J connectivity index is 1.37. The summed E-state index contributed by atoms with van der Waals surface area (Å²) in [7, 11) is 0. The molecule has 3 heterocycles. The number of fused-ring (bicyclic) bond motifs is 1. The highest BCUT2D eigenvalue weighted by Gasteiger charge is 2.40. The summed E-state index contributed by atoms with van der Waals surface area (Å²) in [5, 5.41) is 9.39. The van der Waals surface area contributed by atoms with Gasteiger partial charge in [0, 0.05) is 43.5 Å². The molecule has 1 aromatic carbocycles. The summed E-state index contributed by atoms with van der Waals surface area (Å²) in [6.45, 7) is 1.39. The Morgan fingerprint density at radius 3 is 2.44 bits per heavy atom. The Bertz CT molecular complexity index is 1170. The first-order chi connectivity index (χ1) is 18.4. The molecular formula is C24H29F5N8O2. The number of nitrogens with zero attached hydrogens (tertiary/aromatic N) is 6. The highest BCUT2D eigenvalue weighted by atomic mass is 19.4. The number of hydrogen-bond acceptors (Lipinski definition) is 9. The molecule has 15 heteroatoms. The molecule has 0 radical (unpaired) electrons. The van der Waals surface area contributed by atoms with Crippen LogP contribution in [0.5, 0.6) is 5.88 Å². The number of ether oxygens (including phenoxy) is 1. The summed E-state index contributed by atoms with van der Waals surface area (Å²) in [5.41, 5.74) is 6.95. The maximum atomic E-state index is 12.8. The fourth-order valence-corrected chi connectivity index (χ4v) is 4.56. The molecule has 0 aliphatic carbocycles. The highest BCUT2D eigenvalue weighted by Crippen LogP contribution is 2.26. The number of carbonyl (C=O) groups is 1. The van der Waals surface area contributed by atoms with Crippen LogP contribution in [-0.4, -0.2) is 84.0 Å². The summed E-state index contributed by atoms with van der Waals surface area (Å²) in [4.78, 5) is 17.2. The number of carbonyl (C=O) groups excluding carboxylic acids is 1. The second kappa shape index (κ2) is 11.6. The smallest absolute Gasteiger partial charge is 0.401 e. The first-order valence-electron chi connectivity index (χ1n) is 12.1. The van der Waals surface area contributed by atoms with Crippen LogP contribution in [0.2, 0.25) is 0 Å². The number of anilines is 2. The molecule has 2 aliphatic rings. The number of allylic oxidation sites excluding steroid dienone is 1. The molecule has 39 heavy (non-hydrogen) atoms. The van der Waals surface area contributed by atoms with Crippen LogP contribution in [0.25, 0.3) is 0 Å². The van der Waals surface area contributed by atoms with Gasteiger partial charge >= 0.3 is 6.18 Å². The topological polar surface area (TPSA) is 117 Å². The minimum atomic E-state index is -4.31. The molecule has 1 atom stereocenters. The number of nitrogens with two attached hydrogens (primary N) is 2. The van der Waals surface area contributed by atoms with Crippen molar-refractivity contribution in [3.05, 3.63) is 53.4 Å². The lowest BCUT2D eigenvalue weighted by molar-refractivity contribution is -0.155. The molecule has 2 aliphatic heterocycles. The van der Waals surface area contributed by atoms with Gasteiger partial charge in [-0.3, -0.25) is 14.7 Å². The molecule has 2 saturated heterocycles. The summed E-state index contributed by atoms with van der Waals surface area (Å²) in [6, 6.07) is 8.15. The Morgan fingerprint density at radius 2 is 1.85 bits per heavy atom. The number of rotatable bonds is 8. The fraction of sp³-hybridized carbons (Fsp3) is 0.458. The minimum absolute atomic E-state index is 0.0381. The molecule has 2 aromatic rings. The summed E-state index contributed by atoms with van der Waals surface area (Å²) in [6.07, 6.45) is -6.91. The van der Waals surface area contributed by atoms with Crippen molar-refractivity contribution in [1.82, 2.24) is 20.0 Å². The van der Waals surface area contributed by atoms with Crippen LogP contribution in [0.1, 0.15) is 18.9 Å². The number of aromatic nitrogens is 2.